The van der Waals surface area contributed by atoms with E-state index in [0.29, 0.717) is 0 Å². The minimum atomic E-state index is 0. The molecule has 3 rings (SSSR count). The largest absolute Gasteiger partial charge is 2.00 e. The summed E-state index contributed by atoms with van der Waals surface area (Å²) in [6.07, 6.45) is 0. The smallest absolute Gasteiger partial charge is 0.196 e. The summed E-state index contributed by atoms with van der Waals surface area (Å²) in [5.74, 6) is 0. The van der Waals surface area contributed by atoms with Crippen LogP contribution in [0.4, 0.5) is 0 Å². The van der Waals surface area contributed by atoms with Crippen LogP contribution < -0.4 is 0 Å². The first-order chi connectivity index (χ1) is 9.02. The maximum Gasteiger partial charge on any atom is 2.00 e. The van der Waals surface area contributed by atoms with E-state index in [4.69, 9.17) is 0 Å². The van der Waals surface area contributed by atoms with Crippen molar-refractivity contribution in [3.63, 3.8) is 0 Å². The van der Waals surface area contributed by atoms with Crippen LogP contribution in [0.25, 0.3) is 10.8 Å². The minimum Gasteiger partial charge on any atom is -0.196 e. The second kappa shape index (κ2) is 6.92. The molecule has 0 N–H and O–H groups in total. The Kier molecular flexibility index (Phi) is 5.80. The van der Waals surface area contributed by atoms with Crippen molar-refractivity contribution in [1.82, 2.24) is 0 Å². The van der Waals surface area contributed by atoms with Gasteiger partial charge in [-0.25, -0.2) is 0 Å². The third kappa shape index (κ3) is 3.23. The van der Waals surface area contributed by atoms with Crippen LogP contribution in [0.15, 0.2) is 42.5 Å². The zero-order chi connectivity index (χ0) is 14.0. The molecule has 0 unspecified atom stereocenters. The molecule has 0 saturated carbocycles. The van der Waals surface area contributed by atoms with Crippen molar-refractivity contribution < 1.29 is 17.1 Å². The topological polar surface area (TPSA) is 0 Å². The fourth-order valence-corrected chi connectivity index (χ4v) is 2.48. The average Bonchev–Trinajstić information content (AvgIpc) is 2.97. The van der Waals surface area contributed by atoms with E-state index >= 15 is 0 Å². The first-order valence-corrected chi connectivity index (χ1v) is 6.82. The van der Waals surface area contributed by atoms with Crippen LogP contribution in [0.3, 0.4) is 0 Å². The van der Waals surface area contributed by atoms with E-state index in [-0.39, 0.29) is 17.1 Å². The van der Waals surface area contributed by atoms with Gasteiger partial charge in [0, 0.05) is 0 Å². The quantitative estimate of drug-likeness (QED) is 0.380. The molecule has 106 valence electrons. The van der Waals surface area contributed by atoms with Gasteiger partial charge in [0.1, 0.15) is 0 Å². The maximum atomic E-state index is 2.20. The Labute approximate surface area is 133 Å². The second-order valence-electron chi connectivity index (χ2n) is 5.28. The van der Waals surface area contributed by atoms with Crippen molar-refractivity contribution in [1.29, 1.82) is 0 Å². The van der Waals surface area contributed by atoms with Gasteiger partial charge in [0.05, 0.1) is 0 Å². The van der Waals surface area contributed by atoms with Crippen LogP contribution in [-0.4, -0.2) is 0 Å². The Morgan fingerprint density at radius 1 is 0.850 bits per heavy atom. The number of fused-ring (bicyclic) bond motifs is 1. The van der Waals surface area contributed by atoms with E-state index in [9.17, 15) is 0 Å². The number of hydrogen-bond acceptors (Lipinski definition) is 0. The molecule has 0 nitrogen and oxygen atoms in total. The van der Waals surface area contributed by atoms with Gasteiger partial charge in [0.25, 0.3) is 0 Å². The predicted molar refractivity (Wildman–Crippen MR) is 85.3 cm³/mol. The van der Waals surface area contributed by atoms with E-state index in [1.807, 2.05) is 0 Å². The molecule has 20 heavy (non-hydrogen) atoms. The van der Waals surface area contributed by atoms with E-state index in [1.54, 1.807) is 0 Å². The summed E-state index contributed by atoms with van der Waals surface area (Å²) in [5, 5.41) is 2.66. The summed E-state index contributed by atoms with van der Waals surface area (Å²) in [5.41, 5.74) is 7.34. The normalized spacial score (nSPS) is 9.85. The molecule has 0 amide bonds. The van der Waals surface area contributed by atoms with Crippen LogP contribution in [0, 0.1) is 34.6 Å². The molecule has 0 aliphatic rings. The third-order valence-corrected chi connectivity index (χ3v) is 4.36. The van der Waals surface area contributed by atoms with Crippen molar-refractivity contribution in [2.24, 2.45) is 0 Å². The van der Waals surface area contributed by atoms with E-state index in [2.05, 4.69) is 77.1 Å². The Morgan fingerprint density at radius 2 is 1.40 bits per heavy atom. The minimum absolute atomic E-state index is 0. The van der Waals surface area contributed by atoms with Crippen LogP contribution in [0.1, 0.15) is 27.8 Å². The van der Waals surface area contributed by atoms with Crippen LogP contribution in [-0.2, 0) is 17.1 Å². The molecular weight excluding hydrogens is 284 g/mol. The molecule has 3 aromatic carbocycles. The SMILES string of the molecule is Cc1c(C)c(C)[c-](C)c1C.[Fe+2].c1ccc2[cH-]ccc2c1. The second-order valence-corrected chi connectivity index (χ2v) is 5.28. The fourth-order valence-electron chi connectivity index (χ4n) is 2.48. The number of hydrogen-bond donors (Lipinski definition) is 0. The summed E-state index contributed by atoms with van der Waals surface area (Å²) < 4.78 is 0. The molecular formula is C19H22Fe. The Hall–Kier alpha value is -1.30. The molecule has 0 radical (unpaired) electrons. The summed E-state index contributed by atoms with van der Waals surface area (Å²) >= 11 is 0. The Morgan fingerprint density at radius 3 is 1.85 bits per heavy atom. The monoisotopic (exact) mass is 306 g/mol. The molecule has 0 aromatic heterocycles. The van der Waals surface area contributed by atoms with Crippen LogP contribution in [0.2, 0.25) is 0 Å². The summed E-state index contributed by atoms with van der Waals surface area (Å²) in [7, 11) is 0. The first kappa shape index (κ1) is 16.8. The van der Waals surface area contributed by atoms with E-state index in [1.165, 1.54) is 38.6 Å². The molecule has 0 aliphatic carbocycles. The summed E-state index contributed by atoms with van der Waals surface area (Å²) in [6.45, 7) is 11.0. The van der Waals surface area contributed by atoms with Crippen LogP contribution in [0.5, 0.6) is 0 Å². The number of benzene rings is 1. The third-order valence-electron chi connectivity index (χ3n) is 4.36. The van der Waals surface area contributed by atoms with Crippen molar-refractivity contribution in [3.8, 4) is 0 Å². The molecule has 1 heteroatoms. The van der Waals surface area contributed by atoms with Crippen LogP contribution >= 0.6 is 0 Å². The average molecular weight is 306 g/mol. The molecule has 0 fully saturated rings. The molecule has 0 bridgehead atoms. The van der Waals surface area contributed by atoms with Gasteiger partial charge in [-0.05, 0) is 0 Å². The van der Waals surface area contributed by atoms with Gasteiger partial charge in [-0.1, -0.05) is 40.7 Å². The summed E-state index contributed by atoms with van der Waals surface area (Å²) in [6, 6.07) is 14.7. The van der Waals surface area contributed by atoms with Gasteiger partial charge in [-0.2, -0.15) is 45.3 Å². The van der Waals surface area contributed by atoms with E-state index in [0.717, 1.165) is 0 Å². The molecule has 0 atom stereocenters. The molecule has 0 saturated heterocycles. The predicted octanol–water partition coefficient (Wildman–Crippen LogP) is 5.50. The molecule has 0 heterocycles. The van der Waals surface area contributed by atoms with Gasteiger partial charge in [-0.15, -0.1) is 29.7 Å². The maximum absolute atomic E-state index is 2.20. The van der Waals surface area contributed by atoms with Gasteiger partial charge >= 0.3 is 17.1 Å². The van der Waals surface area contributed by atoms with Gasteiger partial charge in [0.2, 0.25) is 0 Å². The standard InChI is InChI=1S/C10H15.C9H7.Fe/c1-6-7(2)9(4)10(5)8(6)3;1-2-5-9-7-3-6-8(9)4-1;/h1-5H3;1-7H;/q2*-1;+2. The molecule has 0 aliphatic heterocycles. The molecule has 0 spiro atoms. The summed E-state index contributed by atoms with van der Waals surface area (Å²) in [4.78, 5) is 0. The Balaban J connectivity index is 0.000000191. The fraction of sp³-hybridized carbons (Fsp3) is 0.263. The van der Waals surface area contributed by atoms with Crippen molar-refractivity contribution in [2.75, 3.05) is 0 Å². The van der Waals surface area contributed by atoms with E-state index < -0.39 is 0 Å². The van der Waals surface area contributed by atoms with Gasteiger partial charge < -0.3 is 0 Å². The first-order valence-electron chi connectivity index (χ1n) is 6.82. The molecule has 3 aromatic rings. The zero-order valence-electron chi connectivity index (χ0n) is 12.9. The number of rotatable bonds is 0. The van der Waals surface area contributed by atoms with Gasteiger partial charge in [0.15, 0.2) is 0 Å². The Bertz CT molecular complexity index is 573. The van der Waals surface area contributed by atoms with Crippen molar-refractivity contribution >= 4 is 10.8 Å². The van der Waals surface area contributed by atoms with Gasteiger partial charge in [-0.3, -0.25) is 0 Å². The van der Waals surface area contributed by atoms with Crippen molar-refractivity contribution in [2.45, 2.75) is 34.6 Å². The zero-order valence-corrected chi connectivity index (χ0v) is 14.0. The van der Waals surface area contributed by atoms with Crippen molar-refractivity contribution in [3.05, 3.63) is 70.3 Å².